The normalized spacial score (nSPS) is 10.6. The molecule has 0 unspecified atom stereocenters. The van der Waals surface area contributed by atoms with Crippen LogP contribution in [0.15, 0.2) is 0 Å². The lowest BCUT2D eigenvalue weighted by molar-refractivity contribution is -0.131. The fraction of sp³-hybridized carbons (Fsp3) is 0.900. The fourth-order valence-electron chi connectivity index (χ4n) is 1.40. The highest BCUT2D eigenvalue weighted by atomic mass is 16.2. The lowest BCUT2D eigenvalue weighted by Gasteiger charge is -2.24. The summed E-state index contributed by atoms with van der Waals surface area (Å²) in [5, 5.41) is 0. The molecular formula is C10H23N3O. The number of nitrogens with two attached hydrogens (primary N) is 1. The zero-order valence-corrected chi connectivity index (χ0v) is 9.62. The van der Waals surface area contributed by atoms with E-state index in [0.717, 1.165) is 26.2 Å². The van der Waals surface area contributed by atoms with Gasteiger partial charge < -0.3 is 10.6 Å². The first-order chi connectivity index (χ1) is 6.69. The maximum Gasteiger partial charge on any atom is 0.236 e. The van der Waals surface area contributed by atoms with Gasteiger partial charge in [-0.05, 0) is 20.4 Å². The van der Waals surface area contributed by atoms with E-state index in [9.17, 15) is 4.79 Å². The first-order valence-electron chi connectivity index (χ1n) is 5.39. The predicted octanol–water partition coefficient (Wildman–Crippen LogP) is 0.135. The van der Waals surface area contributed by atoms with Crippen LogP contribution in [0.3, 0.4) is 0 Å². The van der Waals surface area contributed by atoms with Crippen LogP contribution >= 0.6 is 0 Å². The molecule has 0 atom stereocenters. The molecule has 0 spiro atoms. The van der Waals surface area contributed by atoms with Gasteiger partial charge in [-0.2, -0.15) is 0 Å². The SMILES string of the molecule is CCN(CCN)CC(=O)N(CC)CC. The van der Waals surface area contributed by atoms with Gasteiger partial charge in [-0.1, -0.05) is 6.92 Å². The van der Waals surface area contributed by atoms with Gasteiger partial charge in [-0.25, -0.2) is 0 Å². The van der Waals surface area contributed by atoms with Crippen molar-refractivity contribution >= 4 is 5.91 Å². The summed E-state index contributed by atoms with van der Waals surface area (Å²) < 4.78 is 0. The maximum absolute atomic E-state index is 11.7. The van der Waals surface area contributed by atoms with Crippen LogP contribution < -0.4 is 5.73 Å². The van der Waals surface area contributed by atoms with Crippen LogP contribution in [0.1, 0.15) is 20.8 Å². The zero-order chi connectivity index (χ0) is 11.0. The van der Waals surface area contributed by atoms with Gasteiger partial charge >= 0.3 is 0 Å². The predicted molar refractivity (Wildman–Crippen MR) is 59.1 cm³/mol. The van der Waals surface area contributed by atoms with Crippen molar-refractivity contribution in [2.45, 2.75) is 20.8 Å². The third kappa shape index (κ3) is 4.58. The van der Waals surface area contributed by atoms with E-state index in [1.807, 2.05) is 25.7 Å². The molecule has 0 radical (unpaired) electrons. The van der Waals surface area contributed by atoms with Gasteiger partial charge in [0.1, 0.15) is 0 Å². The van der Waals surface area contributed by atoms with E-state index in [1.54, 1.807) is 0 Å². The summed E-state index contributed by atoms with van der Waals surface area (Å²) in [7, 11) is 0. The van der Waals surface area contributed by atoms with E-state index in [-0.39, 0.29) is 5.91 Å². The highest BCUT2D eigenvalue weighted by Crippen LogP contribution is 1.93. The van der Waals surface area contributed by atoms with Crippen LogP contribution in [-0.2, 0) is 4.79 Å². The van der Waals surface area contributed by atoms with Crippen LogP contribution in [0.4, 0.5) is 0 Å². The van der Waals surface area contributed by atoms with Crippen molar-refractivity contribution in [1.82, 2.24) is 9.80 Å². The maximum atomic E-state index is 11.7. The molecule has 14 heavy (non-hydrogen) atoms. The molecule has 2 N–H and O–H groups in total. The van der Waals surface area contributed by atoms with Gasteiger partial charge in [0.15, 0.2) is 0 Å². The molecular weight excluding hydrogens is 178 g/mol. The molecule has 0 aliphatic rings. The van der Waals surface area contributed by atoms with E-state index >= 15 is 0 Å². The summed E-state index contributed by atoms with van der Waals surface area (Å²) in [6.45, 7) is 10.4. The van der Waals surface area contributed by atoms with Gasteiger partial charge in [-0.15, -0.1) is 0 Å². The molecule has 0 fully saturated rings. The third-order valence-electron chi connectivity index (χ3n) is 2.37. The van der Waals surface area contributed by atoms with Gasteiger partial charge in [0.25, 0.3) is 0 Å². The minimum absolute atomic E-state index is 0.199. The quantitative estimate of drug-likeness (QED) is 0.637. The molecule has 84 valence electrons. The zero-order valence-electron chi connectivity index (χ0n) is 9.62. The van der Waals surface area contributed by atoms with Gasteiger partial charge in [-0.3, -0.25) is 9.69 Å². The Balaban J connectivity index is 3.99. The van der Waals surface area contributed by atoms with Gasteiger partial charge in [0.2, 0.25) is 5.91 Å². The molecule has 4 nitrogen and oxygen atoms in total. The van der Waals surface area contributed by atoms with Crippen LogP contribution in [0.5, 0.6) is 0 Å². The average Bonchev–Trinajstić information content (AvgIpc) is 2.19. The summed E-state index contributed by atoms with van der Waals surface area (Å²) >= 11 is 0. The second kappa shape index (κ2) is 7.76. The molecule has 0 rings (SSSR count). The molecule has 0 bridgehead atoms. The summed E-state index contributed by atoms with van der Waals surface area (Å²) in [5.41, 5.74) is 5.46. The molecule has 0 saturated carbocycles. The standard InChI is InChI=1S/C10H23N3O/c1-4-12(8-7-11)9-10(14)13(5-2)6-3/h4-9,11H2,1-3H3. The number of carbonyl (C=O) groups is 1. The van der Waals surface area contributed by atoms with E-state index in [2.05, 4.69) is 4.90 Å². The summed E-state index contributed by atoms with van der Waals surface area (Å²) in [6.07, 6.45) is 0. The van der Waals surface area contributed by atoms with Crippen LogP contribution in [0.2, 0.25) is 0 Å². The minimum atomic E-state index is 0.199. The van der Waals surface area contributed by atoms with Crippen molar-refractivity contribution in [1.29, 1.82) is 0 Å². The Labute approximate surface area is 87.0 Å². The van der Waals surface area contributed by atoms with Crippen molar-refractivity contribution in [2.24, 2.45) is 5.73 Å². The second-order valence-corrected chi connectivity index (χ2v) is 3.22. The van der Waals surface area contributed by atoms with Crippen molar-refractivity contribution in [3.8, 4) is 0 Å². The van der Waals surface area contributed by atoms with Gasteiger partial charge in [0.05, 0.1) is 6.54 Å². The van der Waals surface area contributed by atoms with Crippen molar-refractivity contribution in [3.63, 3.8) is 0 Å². The Morgan fingerprint density at radius 1 is 1.14 bits per heavy atom. The lowest BCUT2D eigenvalue weighted by Crippen LogP contribution is -2.41. The highest BCUT2D eigenvalue weighted by Gasteiger charge is 2.12. The molecule has 1 amide bonds. The number of hydrogen-bond acceptors (Lipinski definition) is 3. The first-order valence-corrected chi connectivity index (χ1v) is 5.39. The van der Waals surface area contributed by atoms with E-state index in [1.165, 1.54) is 0 Å². The van der Waals surface area contributed by atoms with Crippen molar-refractivity contribution in [2.75, 3.05) is 39.3 Å². The lowest BCUT2D eigenvalue weighted by atomic mass is 10.4. The monoisotopic (exact) mass is 201 g/mol. The van der Waals surface area contributed by atoms with Crippen molar-refractivity contribution < 1.29 is 4.79 Å². The molecule has 0 aliphatic heterocycles. The molecule has 0 aliphatic carbocycles. The number of carbonyl (C=O) groups excluding carboxylic acids is 1. The fourth-order valence-corrected chi connectivity index (χ4v) is 1.40. The van der Waals surface area contributed by atoms with Gasteiger partial charge in [0, 0.05) is 26.2 Å². The summed E-state index contributed by atoms with van der Waals surface area (Å²) in [5.74, 6) is 0.199. The number of hydrogen-bond donors (Lipinski definition) is 1. The first kappa shape index (κ1) is 13.4. The molecule has 0 aromatic rings. The Morgan fingerprint density at radius 2 is 1.71 bits per heavy atom. The molecule has 0 heterocycles. The third-order valence-corrected chi connectivity index (χ3v) is 2.37. The van der Waals surface area contributed by atoms with E-state index in [4.69, 9.17) is 5.73 Å². The van der Waals surface area contributed by atoms with Crippen LogP contribution in [0.25, 0.3) is 0 Å². The molecule has 0 aromatic carbocycles. The highest BCUT2D eigenvalue weighted by molar-refractivity contribution is 5.78. The van der Waals surface area contributed by atoms with Crippen LogP contribution in [-0.4, -0.2) is 55.0 Å². The Bertz CT molecular complexity index is 157. The van der Waals surface area contributed by atoms with E-state index in [0.29, 0.717) is 13.1 Å². The Kier molecular flexibility index (Phi) is 7.42. The molecule has 0 aromatic heterocycles. The van der Waals surface area contributed by atoms with E-state index < -0.39 is 0 Å². The minimum Gasteiger partial charge on any atom is -0.342 e. The second-order valence-electron chi connectivity index (χ2n) is 3.22. The number of amides is 1. The largest absolute Gasteiger partial charge is 0.342 e. The molecule has 0 saturated heterocycles. The number of nitrogens with zero attached hydrogens (tertiary/aromatic N) is 2. The summed E-state index contributed by atoms with van der Waals surface area (Å²) in [4.78, 5) is 15.6. The Hall–Kier alpha value is -0.610. The van der Waals surface area contributed by atoms with Crippen LogP contribution in [0, 0.1) is 0 Å². The number of rotatable bonds is 7. The topological polar surface area (TPSA) is 49.6 Å². The Morgan fingerprint density at radius 3 is 2.07 bits per heavy atom. The molecule has 4 heteroatoms. The summed E-state index contributed by atoms with van der Waals surface area (Å²) in [6, 6.07) is 0. The number of likely N-dealkylation sites (N-methyl/N-ethyl adjacent to an activating group) is 2. The average molecular weight is 201 g/mol. The smallest absolute Gasteiger partial charge is 0.236 e. The van der Waals surface area contributed by atoms with Crippen molar-refractivity contribution in [3.05, 3.63) is 0 Å².